The van der Waals surface area contributed by atoms with E-state index in [-0.39, 0.29) is 11.8 Å². The third-order valence-corrected chi connectivity index (χ3v) is 6.83. The number of benzene rings is 3. The average molecular weight is 566 g/mol. The van der Waals surface area contributed by atoms with Crippen LogP contribution in [0.2, 0.25) is 0 Å². The second-order valence-corrected chi connectivity index (χ2v) is 9.27. The molecule has 0 fully saturated rings. The molecule has 1 amide bonds. The van der Waals surface area contributed by atoms with Crippen molar-refractivity contribution in [2.45, 2.75) is 26.7 Å². The molecular formula is C28H27IN2O3. The van der Waals surface area contributed by atoms with Crippen molar-refractivity contribution in [3.05, 3.63) is 87.0 Å². The molecule has 0 saturated carbocycles. The fraction of sp³-hybridized carbons (Fsp3) is 0.214. The predicted octanol–water partition coefficient (Wildman–Crippen LogP) is 5.99. The van der Waals surface area contributed by atoms with Crippen LogP contribution in [-0.2, 0) is 11.2 Å². The number of aromatic nitrogens is 1. The highest BCUT2D eigenvalue weighted by atomic mass is 127. The van der Waals surface area contributed by atoms with E-state index in [0.29, 0.717) is 24.9 Å². The molecule has 1 heterocycles. The van der Waals surface area contributed by atoms with Crippen LogP contribution in [0.3, 0.4) is 0 Å². The van der Waals surface area contributed by atoms with Crippen molar-refractivity contribution in [3.63, 3.8) is 0 Å². The molecule has 4 aromatic rings. The van der Waals surface area contributed by atoms with Gasteiger partial charge in [-0.3, -0.25) is 14.2 Å². The van der Waals surface area contributed by atoms with E-state index in [9.17, 15) is 9.59 Å². The molecule has 1 N–H and O–H groups in total. The molecule has 6 heteroatoms. The second-order valence-electron chi connectivity index (χ2n) is 8.11. The summed E-state index contributed by atoms with van der Waals surface area (Å²) in [6, 6.07) is 21.6. The number of carbonyl (C=O) groups excluding carboxylic acids is 2. The second kappa shape index (κ2) is 10.4. The van der Waals surface area contributed by atoms with Crippen LogP contribution in [0.4, 0.5) is 0 Å². The van der Waals surface area contributed by atoms with Crippen molar-refractivity contribution in [2.75, 3.05) is 13.7 Å². The van der Waals surface area contributed by atoms with Crippen LogP contribution in [0.25, 0.3) is 22.2 Å². The maximum absolute atomic E-state index is 14.0. The SMILES string of the molecule is CCC(=O)NCCc1c(-c2ccccc2)n(C(=O)c2ccccc2C)c2cc(I)c(OC)cc12. The molecule has 174 valence electrons. The average Bonchev–Trinajstić information content (AvgIpc) is 3.16. The Morgan fingerprint density at radius 2 is 1.74 bits per heavy atom. The van der Waals surface area contributed by atoms with E-state index in [1.165, 1.54) is 0 Å². The van der Waals surface area contributed by atoms with Gasteiger partial charge in [0, 0.05) is 23.9 Å². The number of fused-ring (bicyclic) bond motifs is 1. The van der Waals surface area contributed by atoms with Gasteiger partial charge >= 0.3 is 0 Å². The fourth-order valence-electron chi connectivity index (χ4n) is 4.26. The zero-order valence-electron chi connectivity index (χ0n) is 19.5. The molecule has 34 heavy (non-hydrogen) atoms. The Kier molecular flexibility index (Phi) is 7.36. The lowest BCUT2D eigenvalue weighted by Crippen LogP contribution is -2.24. The van der Waals surface area contributed by atoms with Gasteiger partial charge in [0.15, 0.2) is 0 Å². The molecule has 3 aromatic carbocycles. The molecule has 0 bridgehead atoms. The first-order chi connectivity index (χ1) is 16.5. The Labute approximate surface area is 213 Å². The van der Waals surface area contributed by atoms with E-state index in [4.69, 9.17) is 4.74 Å². The molecule has 0 radical (unpaired) electrons. The monoisotopic (exact) mass is 566 g/mol. The summed E-state index contributed by atoms with van der Waals surface area (Å²) in [6.07, 6.45) is 1.02. The summed E-state index contributed by atoms with van der Waals surface area (Å²) in [6.45, 7) is 4.28. The number of aryl methyl sites for hydroxylation is 1. The maximum atomic E-state index is 14.0. The Bertz CT molecular complexity index is 1360. The van der Waals surface area contributed by atoms with E-state index in [1.54, 1.807) is 7.11 Å². The third kappa shape index (κ3) is 4.59. The van der Waals surface area contributed by atoms with Crippen LogP contribution in [0.5, 0.6) is 5.75 Å². The van der Waals surface area contributed by atoms with Gasteiger partial charge in [-0.2, -0.15) is 0 Å². The van der Waals surface area contributed by atoms with Gasteiger partial charge in [-0.05, 0) is 70.8 Å². The zero-order valence-corrected chi connectivity index (χ0v) is 21.7. The number of ether oxygens (including phenoxy) is 1. The predicted molar refractivity (Wildman–Crippen MR) is 145 cm³/mol. The number of nitrogens with zero attached hydrogens (tertiary/aromatic N) is 1. The summed E-state index contributed by atoms with van der Waals surface area (Å²) in [4.78, 5) is 26.0. The van der Waals surface area contributed by atoms with Gasteiger partial charge in [0.1, 0.15) is 5.75 Å². The molecular weight excluding hydrogens is 539 g/mol. The van der Waals surface area contributed by atoms with Gasteiger partial charge in [-0.15, -0.1) is 0 Å². The Morgan fingerprint density at radius 1 is 1.03 bits per heavy atom. The summed E-state index contributed by atoms with van der Waals surface area (Å²) >= 11 is 2.24. The Hall–Kier alpha value is -3.13. The van der Waals surface area contributed by atoms with Crippen LogP contribution in [0, 0.1) is 10.5 Å². The van der Waals surface area contributed by atoms with Gasteiger partial charge < -0.3 is 10.1 Å². The number of nitrogens with one attached hydrogen (secondary N) is 1. The first-order valence-electron chi connectivity index (χ1n) is 11.3. The van der Waals surface area contributed by atoms with Gasteiger partial charge in [0.05, 0.1) is 21.9 Å². The third-order valence-electron chi connectivity index (χ3n) is 5.99. The van der Waals surface area contributed by atoms with Crippen molar-refractivity contribution >= 4 is 45.3 Å². The van der Waals surface area contributed by atoms with E-state index in [0.717, 1.165) is 42.6 Å². The first kappa shape index (κ1) is 24.0. The highest BCUT2D eigenvalue weighted by molar-refractivity contribution is 14.1. The number of hydrogen-bond acceptors (Lipinski definition) is 3. The van der Waals surface area contributed by atoms with Crippen molar-refractivity contribution in [1.82, 2.24) is 9.88 Å². The van der Waals surface area contributed by atoms with Crippen LogP contribution in [0.1, 0.15) is 34.8 Å². The number of halogens is 1. The van der Waals surface area contributed by atoms with Crippen molar-refractivity contribution in [1.29, 1.82) is 0 Å². The quantitative estimate of drug-likeness (QED) is 0.280. The standard InChI is InChI=1S/C28H27IN2O3/c1-4-26(32)30-15-14-21-22-16-25(34-3)23(29)17-24(22)31(27(21)19-11-6-5-7-12-19)28(33)20-13-9-8-10-18(20)2/h5-13,16-17H,4,14-15H2,1-3H3,(H,30,32). The first-order valence-corrected chi connectivity index (χ1v) is 12.4. The summed E-state index contributed by atoms with van der Waals surface area (Å²) < 4.78 is 8.37. The molecule has 4 rings (SSSR count). The summed E-state index contributed by atoms with van der Waals surface area (Å²) in [5.41, 5.74) is 5.22. The van der Waals surface area contributed by atoms with E-state index in [2.05, 4.69) is 27.9 Å². The van der Waals surface area contributed by atoms with Crippen LogP contribution in [0.15, 0.2) is 66.7 Å². The molecule has 0 unspecified atom stereocenters. The van der Waals surface area contributed by atoms with Gasteiger partial charge in [-0.1, -0.05) is 55.5 Å². The molecule has 0 atom stereocenters. The largest absolute Gasteiger partial charge is 0.496 e. The normalized spacial score (nSPS) is 10.9. The van der Waals surface area contributed by atoms with Gasteiger partial charge in [0.2, 0.25) is 5.91 Å². The number of rotatable bonds is 7. The number of hydrogen-bond donors (Lipinski definition) is 1. The summed E-state index contributed by atoms with van der Waals surface area (Å²) in [5.74, 6) is 0.687. The Balaban J connectivity index is 2.02. The van der Waals surface area contributed by atoms with Crippen LogP contribution in [-0.4, -0.2) is 30.0 Å². The molecule has 0 aliphatic carbocycles. The molecule has 1 aromatic heterocycles. The minimum atomic E-state index is -0.0771. The minimum Gasteiger partial charge on any atom is -0.496 e. The van der Waals surface area contributed by atoms with Gasteiger partial charge in [0.25, 0.3) is 5.91 Å². The van der Waals surface area contributed by atoms with Gasteiger partial charge in [-0.25, -0.2) is 0 Å². The lowest BCUT2D eigenvalue weighted by atomic mass is 10.0. The highest BCUT2D eigenvalue weighted by Crippen LogP contribution is 2.38. The molecule has 0 spiro atoms. The smallest absolute Gasteiger partial charge is 0.263 e. The van der Waals surface area contributed by atoms with Crippen LogP contribution >= 0.6 is 22.6 Å². The lowest BCUT2D eigenvalue weighted by molar-refractivity contribution is -0.120. The minimum absolute atomic E-state index is 0.00751. The van der Waals surface area contributed by atoms with E-state index in [1.807, 2.05) is 85.1 Å². The molecule has 0 aliphatic rings. The Morgan fingerprint density at radius 3 is 2.41 bits per heavy atom. The highest BCUT2D eigenvalue weighted by Gasteiger charge is 2.25. The zero-order chi connectivity index (χ0) is 24.2. The van der Waals surface area contributed by atoms with E-state index < -0.39 is 0 Å². The van der Waals surface area contributed by atoms with Crippen molar-refractivity contribution < 1.29 is 14.3 Å². The number of methoxy groups -OCH3 is 1. The molecule has 0 saturated heterocycles. The van der Waals surface area contributed by atoms with Crippen molar-refractivity contribution in [2.24, 2.45) is 0 Å². The summed E-state index contributed by atoms with van der Waals surface area (Å²) in [5, 5.41) is 3.93. The van der Waals surface area contributed by atoms with Crippen LogP contribution < -0.4 is 10.1 Å². The topological polar surface area (TPSA) is 60.3 Å². The van der Waals surface area contributed by atoms with Crippen molar-refractivity contribution in [3.8, 4) is 17.0 Å². The lowest BCUT2D eigenvalue weighted by Gasteiger charge is -2.13. The fourth-order valence-corrected chi connectivity index (χ4v) is 4.93. The molecule has 5 nitrogen and oxygen atoms in total. The number of amides is 1. The maximum Gasteiger partial charge on any atom is 0.263 e. The summed E-state index contributed by atoms with van der Waals surface area (Å²) in [7, 11) is 1.65. The van der Waals surface area contributed by atoms with E-state index >= 15 is 0 Å². The number of carbonyl (C=O) groups is 2. The molecule has 0 aliphatic heterocycles.